The third-order valence-electron chi connectivity index (χ3n) is 3.91. The maximum atomic E-state index is 12.3. The number of esters is 1. The number of anilines is 1. The van der Waals surface area contributed by atoms with Crippen molar-refractivity contribution in [3.8, 4) is 11.3 Å². The van der Waals surface area contributed by atoms with Crippen molar-refractivity contribution >= 4 is 29.3 Å². The lowest BCUT2D eigenvalue weighted by Crippen LogP contribution is -2.14. The molecule has 0 atom stereocenters. The van der Waals surface area contributed by atoms with E-state index >= 15 is 0 Å². The molecule has 0 radical (unpaired) electrons. The number of nitrogens with zero attached hydrogens (tertiary/aromatic N) is 2. The van der Waals surface area contributed by atoms with Gasteiger partial charge in [0, 0.05) is 11.3 Å². The highest BCUT2D eigenvalue weighted by atomic mass is 32.2. The quantitative estimate of drug-likeness (QED) is 0.356. The van der Waals surface area contributed by atoms with Gasteiger partial charge < -0.3 is 10.1 Å². The Hall–Kier alpha value is -3.19. The fourth-order valence-corrected chi connectivity index (χ4v) is 3.35. The molecule has 29 heavy (non-hydrogen) atoms. The summed E-state index contributed by atoms with van der Waals surface area (Å²) in [5.74, 6) is 0.333. The molecule has 0 saturated heterocycles. The third kappa shape index (κ3) is 5.89. The van der Waals surface area contributed by atoms with Crippen molar-refractivity contribution in [1.82, 2.24) is 9.97 Å². The number of aryl methyl sites for hydroxylation is 1. The molecule has 3 rings (SSSR count). The minimum atomic E-state index is -0.380. The summed E-state index contributed by atoms with van der Waals surface area (Å²) in [5.41, 5.74) is 2.90. The van der Waals surface area contributed by atoms with E-state index in [1.54, 1.807) is 31.2 Å². The average molecular weight is 407 g/mol. The molecule has 1 heterocycles. The Labute approximate surface area is 173 Å². The molecule has 7 heteroatoms. The summed E-state index contributed by atoms with van der Waals surface area (Å²) in [7, 11) is 0. The zero-order valence-corrected chi connectivity index (χ0v) is 17.0. The lowest BCUT2D eigenvalue weighted by atomic mass is 10.1. The Morgan fingerprint density at radius 3 is 2.45 bits per heavy atom. The van der Waals surface area contributed by atoms with Gasteiger partial charge in [0.2, 0.25) is 5.91 Å². The van der Waals surface area contributed by atoms with Crippen molar-refractivity contribution < 1.29 is 14.3 Å². The Balaban J connectivity index is 1.59. The largest absolute Gasteiger partial charge is 0.462 e. The highest BCUT2D eigenvalue weighted by Crippen LogP contribution is 2.23. The van der Waals surface area contributed by atoms with Crippen molar-refractivity contribution in [2.75, 3.05) is 17.7 Å². The summed E-state index contributed by atoms with van der Waals surface area (Å²) < 4.78 is 4.95. The van der Waals surface area contributed by atoms with Gasteiger partial charge in [-0.15, -0.1) is 0 Å². The van der Waals surface area contributed by atoms with Crippen molar-refractivity contribution in [2.45, 2.75) is 18.9 Å². The first-order valence-electron chi connectivity index (χ1n) is 9.16. The Morgan fingerprint density at radius 1 is 1.03 bits per heavy atom. The fraction of sp³-hybridized carbons (Fsp3) is 0.182. The van der Waals surface area contributed by atoms with Crippen LogP contribution in [0.25, 0.3) is 11.3 Å². The maximum Gasteiger partial charge on any atom is 0.338 e. The van der Waals surface area contributed by atoms with Crippen LogP contribution in [0.2, 0.25) is 0 Å². The SMILES string of the molecule is CCOC(=O)c1ccc(NC(=O)CSc2cc(-c3ccccc3)nc(C)n2)cc1. The van der Waals surface area contributed by atoms with Gasteiger partial charge in [0.1, 0.15) is 10.9 Å². The van der Waals surface area contributed by atoms with Crippen LogP contribution in [0.3, 0.4) is 0 Å². The Bertz CT molecular complexity index is 992. The number of aromatic nitrogens is 2. The van der Waals surface area contributed by atoms with E-state index in [0.29, 0.717) is 23.7 Å². The number of nitrogens with one attached hydrogen (secondary N) is 1. The standard InChI is InChI=1S/C22H21N3O3S/c1-3-28-22(27)17-9-11-18(12-10-17)25-20(26)14-29-21-13-19(23-15(2)24-21)16-7-5-4-6-8-16/h4-13H,3,14H2,1-2H3,(H,25,26). The Kier molecular flexibility index (Phi) is 6.97. The summed E-state index contributed by atoms with van der Waals surface area (Å²) >= 11 is 1.35. The first kappa shape index (κ1) is 20.5. The van der Waals surface area contributed by atoms with Gasteiger partial charge in [-0.3, -0.25) is 4.79 Å². The van der Waals surface area contributed by atoms with Crippen LogP contribution in [0, 0.1) is 6.92 Å². The highest BCUT2D eigenvalue weighted by Gasteiger charge is 2.10. The normalized spacial score (nSPS) is 10.4. The van der Waals surface area contributed by atoms with Gasteiger partial charge >= 0.3 is 5.97 Å². The summed E-state index contributed by atoms with van der Waals surface area (Å²) in [4.78, 5) is 32.8. The zero-order valence-electron chi connectivity index (χ0n) is 16.2. The van der Waals surface area contributed by atoms with Crippen LogP contribution in [0.4, 0.5) is 5.69 Å². The molecule has 0 bridgehead atoms. The van der Waals surface area contributed by atoms with Crippen LogP contribution in [0.15, 0.2) is 65.7 Å². The van der Waals surface area contributed by atoms with Crippen LogP contribution in [0.1, 0.15) is 23.1 Å². The number of thioether (sulfide) groups is 1. The van der Waals surface area contributed by atoms with Gasteiger partial charge in [-0.2, -0.15) is 0 Å². The second-order valence-corrected chi connectivity index (χ2v) is 7.13. The van der Waals surface area contributed by atoms with Crippen LogP contribution < -0.4 is 5.32 Å². The lowest BCUT2D eigenvalue weighted by Gasteiger charge is -2.08. The number of ether oxygens (including phenoxy) is 1. The number of carbonyl (C=O) groups is 2. The number of hydrogen-bond acceptors (Lipinski definition) is 6. The molecule has 0 aliphatic heterocycles. The molecule has 0 saturated carbocycles. The molecule has 0 aliphatic rings. The lowest BCUT2D eigenvalue weighted by molar-refractivity contribution is -0.113. The van der Waals surface area contributed by atoms with Crippen molar-refractivity contribution in [3.05, 3.63) is 72.1 Å². The minimum Gasteiger partial charge on any atom is -0.462 e. The molecule has 2 aromatic carbocycles. The number of carbonyl (C=O) groups excluding carboxylic acids is 2. The summed E-state index contributed by atoms with van der Waals surface area (Å²) in [6.45, 7) is 3.91. The van der Waals surface area contributed by atoms with E-state index in [1.807, 2.05) is 43.3 Å². The number of hydrogen-bond donors (Lipinski definition) is 1. The number of amides is 1. The molecular formula is C22H21N3O3S. The van der Waals surface area contributed by atoms with E-state index in [0.717, 1.165) is 16.3 Å². The summed E-state index contributed by atoms with van der Waals surface area (Å²) in [6.07, 6.45) is 0. The van der Waals surface area contributed by atoms with Gasteiger partial charge in [0.05, 0.1) is 23.6 Å². The van der Waals surface area contributed by atoms with Crippen LogP contribution in [0.5, 0.6) is 0 Å². The maximum absolute atomic E-state index is 12.3. The van der Waals surface area contributed by atoms with Crippen LogP contribution in [-0.2, 0) is 9.53 Å². The smallest absolute Gasteiger partial charge is 0.338 e. The topological polar surface area (TPSA) is 81.2 Å². The second-order valence-electron chi connectivity index (χ2n) is 6.14. The van der Waals surface area contributed by atoms with Crippen LogP contribution >= 0.6 is 11.8 Å². The van der Waals surface area contributed by atoms with Crippen molar-refractivity contribution in [3.63, 3.8) is 0 Å². The molecule has 148 valence electrons. The first-order valence-corrected chi connectivity index (χ1v) is 10.1. The fourth-order valence-electron chi connectivity index (χ4n) is 2.61. The van der Waals surface area contributed by atoms with E-state index in [2.05, 4.69) is 15.3 Å². The van der Waals surface area contributed by atoms with Gasteiger partial charge in [-0.25, -0.2) is 14.8 Å². The van der Waals surface area contributed by atoms with Gasteiger partial charge in [-0.05, 0) is 44.2 Å². The predicted octanol–water partition coefficient (Wildman–Crippen LogP) is 4.36. The molecule has 0 spiro atoms. The molecule has 1 amide bonds. The second kappa shape index (κ2) is 9.84. The van der Waals surface area contributed by atoms with Gasteiger partial charge in [0.25, 0.3) is 0 Å². The van der Waals surface area contributed by atoms with E-state index in [9.17, 15) is 9.59 Å². The monoisotopic (exact) mass is 407 g/mol. The summed E-state index contributed by atoms with van der Waals surface area (Å²) in [6, 6.07) is 18.3. The van der Waals surface area contributed by atoms with E-state index in [-0.39, 0.29) is 17.6 Å². The molecular weight excluding hydrogens is 386 g/mol. The predicted molar refractivity (Wildman–Crippen MR) is 114 cm³/mol. The third-order valence-corrected chi connectivity index (χ3v) is 4.83. The van der Waals surface area contributed by atoms with E-state index < -0.39 is 0 Å². The first-order chi connectivity index (χ1) is 14.0. The average Bonchev–Trinajstić information content (AvgIpc) is 2.73. The number of benzene rings is 2. The number of rotatable bonds is 7. The molecule has 3 aromatic rings. The van der Waals surface area contributed by atoms with Crippen molar-refractivity contribution in [2.24, 2.45) is 0 Å². The van der Waals surface area contributed by atoms with Crippen molar-refractivity contribution in [1.29, 1.82) is 0 Å². The van der Waals surface area contributed by atoms with E-state index in [1.165, 1.54) is 11.8 Å². The highest BCUT2D eigenvalue weighted by molar-refractivity contribution is 7.99. The van der Waals surface area contributed by atoms with Gasteiger partial charge in [0.15, 0.2) is 0 Å². The minimum absolute atomic E-state index is 0.156. The zero-order chi connectivity index (χ0) is 20.6. The molecule has 0 unspecified atom stereocenters. The summed E-state index contributed by atoms with van der Waals surface area (Å²) in [5, 5.41) is 3.56. The molecule has 6 nitrogen and oxygen atoms in total. The molecule has 1 N–H and O–H groups in total. The van der Waals surface area contributed by atoms with Gasteiger partial charge in [-0.1, -0.05) is 42.1 Å². The molecule has 0 aliphatic carbocycles. The Morgan fingerprint density at radius 2 is 1.76 bits per heavy atom. The molecule has 1 aromatic heterocycles. The van der Waals surface area contributed by atoms with E-state index in [4.69, 9.17) is 4.74 Å². The van der Waals surface area contributed by atoms with Crippen LogP contribution in [-0.4, -0.2) is 34.2 Å². The molecule has 0 fully saturated rings.